The number of carbonyl (C=O) groups excluding carboxylic acids is 1. The second kappa shape index (κ2) is 18.4. The Kier molecular flexibility index (Phi) is 17.9. The van der Waals surface area contributed by atoms with Crippen molar-refractivity contribution in [2.24, 2.45) is 0 Å². The molecule has 4 heteroatoms. The molecule has 0 radical (unpaired) electrons. The molecule has 0 aliphatic rings. The van der Waals surface area contributed by atoms with Gasteiger partial charge in [-0.05, 0) is 13.3 Å². The molecule has 4 nitrogen and oxygen atoms in total. The normalized spacial score (nSPS) is 10.8. The van der Waals surface area contributed by atoms with Gasteiger partial charge in [0.25, 0.3) is 0 Å². The van der Waals surface area contributed by atoms with E-state index in [1.165, 1.54) is 44.9 Å². The molecule has 0 rings (SSSR count). The fourth-order valence-electron chi connectivity index (χ4n) is 2.23. The van der Waals surface area contributed by atoms with Gasteiger partial charge in [0.1, 0.15) is 6.61 Å². The van der Waals surface area contributed by atoms with E-state index in [0.29, 0.717) is 39.5 Å². The summed E-state index contributed by atoms with van der Waals surface area (Å²) in [6.07, 6.45) is 11.9. The summed E-state index contributed by atoms with van der Waals surface area (Å²) in [5.41, 5.74) is 0. The SMILES string of the molecule is CCCCCCCCCCCC(=O)OCCOCCOCC. The van der Waals surface area contributed by atoms with Gasteiger partial charge in [0, 0.05) is 13.0 Å². The minimum Gasteiger partial charge on any atom is -0.463 e. The minimum absolute atomic E-state index is 0.101. The fourth-order valence-corrected chi connectivity index (χ4v) is 2.23. The van der Waals surface area contributed by atoms with Crippen molar-refractivity contribution in [3.05, 3.63) is 0 Å². The van der Waals surface area contributed by atoms with Gasteiger partial charge in [0.05, 0.1) is 19.8 Å². The molecular formula is C18H36O4. The molecule has 0 aromatic rings. The van der Waals surface area contributed by atoms with E-state index in [2.05, 4.69) is 6.92 Å². The van der Waals surface area contributed by atoms with E-state index in [9.17, 15) is 4.79 Å². The molecule has 0 saturated heterocycles. The summed E-state index contributed by atoms with van der Waals surface area (Å²) in [4.78, 5) is 11.5. The van der Waals surface area contributed by atoms with Crippen LogP contribution in [0.5, 0.6) is 0 Å². The zero-order valence-corrected chi connectivity index (χ0v) is 14.7. The summed E-state index contributed by atoms with van der Waals surface area (Å²) >= 11 is 0. The van der Waals surface area contributed by atoms with Crippen molar-refractivity contribution in [2.45, 2.75) is 78.1 Å². The van der Waals surface area contributed by atoms with Crippen molar-refractivity contribution < 1.29 is 19.0 Å². The predicted molar refractivity (Wildman–Crippen MR) is 90.1 cm³/mol. The van der Waals surface area contributed by atoms with Gasteiger partial charge in [-0.2, -0.15) is 0 Å². The lowest BCUT2D eigenvalue weighted by atomic mass is 10.1. The second-order valence-electron chi connectivity index (χ2n) is 5.61. The third-order valence-electron chi connectivity index (χ3n) is 3.55. The van der Waals surface area contributed by atoms with Gasteiger partial charge < -0.3 is 14.2 Å². The number of rotatable bonds is 17. The molecule has 0 atom stereocenters. The molecule has 0 N–H and O–H groups in total. The average molecular weight is 316 g/mol. The number of esters is 1. The van der Waals surface area contributed by atoms with Gasteiger partial charge in [-0.3, -0.25) is 4.79 Å². The zero-order valence-electron chi connectivity index (χ0n) is 14.7. The van der Waals surface area contributed by atoms with Crippen molar-refractivity contribution in [1.82, 2.24) is 0 Å². The van der Waals surface area contributed by atoms with E-state index in [1.54, 1.807) is 0 Å². The van der Waals surface area contributed by atoms with Crippen LogP contribution >= 0.6 is 0 Å². The first-order valence-electron chi connectivity index (χ1n) is 9.12. The summed E-state index contributed by atoms with van der Waals surface area (Å²) in [5, 5.41) is 0. The third kappa shape index (κ3) is 17.4. The Balaban J connectivity index is 3.13. The van der Waals surface area contributed by atoms with Gasteiger partial charge >= 0.3 is 5.97 Å². The minimum atomic E-state index is -0.101. The maximum atomic E-state index is 11.5. The molecule has 132 valence electrons. The molecule has 0 aliphatic carbocycles. The molecule has 22 heavy (non-hydrogen) atoms. The van der Waals surface area contributed by atoms with Crippen LogP contribution in [0.1, 0.15) is 78.1 Å². The molecule has 0 spiro atoms. The average Bonchev–Trinajstić information content (AvgIpc) is 2.52. The second-order valence-corrected chi connectivity index (χ2v) is 5.61. The van der Waals surface area contributed by atoms with Gasteiger partial charge in [0.15, 0.2) is 0 Å². The van der Waals surface area contributed by atoms with E-state index >= 15 is 0 Å². The Morgan fingerprint density at radius 3 is 1.86 bits per heavy atom. The number of hydrogen-bond acceptors (Lipinski definition) is 4. The van der Waals surface area contributed by atoms with Crippen LogP contribution in [0, 0.1) is 0 Å². The van der Waals surface area contributed by atoms with Gasteiger partial charge in [-0.25, -0.2) is 0 Å². The first kappa shape index (κ1) is 21.4. The zero-order chi connectivity index (χ0) is 16.3. The molecule has 0 heterocycles. The van der Waals surface area contributed by atoms with Crippen LogP contribution in [-0.2, 0) is 19.0 Å². The summed E-state index contributed by atoms with van der Waals surface area (Å²) < 4.78 is 15.5. The molecule has 0 saturated carbocycles. The topological polar surface area (TPSA) is 44.8 Å². The predicted octanol–water partition coefficient (Wildman–Crippen LogP) is 4.50. The monoisotopic (exact) mass is 316 g/mol. The molecule has 0 aromatic heterocycles. The maximum absolute atomic E-state index is 11.5. The third-order valence-corrected chi connectivity index (χ3v) is 3.55. The summed E-state index contributed by atoms with van der Waals surface area (Å²) in [5.74, 6) is -0.101. The summed E-state index contributed by atoms with van der Waals surface area (Å²) in [6.45, 7) is 6.86. The highest BCUT2D eigenvalue weighted by molar-refractivity contribution is 5.69. The van der Waals surface area contributed by atoms with Gasteiger partial charge in [0.2, 0.25) is 0 Å². The van der Waals surface area contributed by atoms with E-state index in [0.717, 1.165) is 12.8 Å². The van der Waals surface area contributed by atoms with E-state index < -0.39 is 0 Å². The lowest BCUT2D eigenvalue weighted by molar-refractivity contribution is -0.145. The quantitative estimate of drug-likeness (QED) is 0.293. The molecule has 0 amide bonds. The smallest absolute Gasteiger partial charge is 0.305 e. The molecular weight excluding hydrogens is 280 g/mol. The van der Waals surface area contributed by atoms with Crippen LogP contribution in [0.15, 0.2) is 0 Å². The van der Waals surface area contributed by atoms with Crippen molar-refractivity contribution in [2.75, 3.05) is 33.0 Å². The molecule has 0 unspecified atom stereocenters. The standard InChI is InChI=1S/C18H36O4/c1-3-5-6-7-8-9-10-11-12-13-18(19)22-17-16-21-15-14-20-4-2/h3-17H2,1-2H3. The van der Waals surface area contributed by atoms with Crippen LogP contribution in [0.3, 0.4) is 0 Å². The highest BCUT2D eigenvalue weighted by atomic mass is 16.6. The molecule has 0 aromatic carbocycles. The molecule has 0 aliphatic heterocycles. The van der Waals surface area contributed by atoms with Gasteiger partial charge in [-0.1, -0.05) is 58.3 Å². The Labute approximate surface area is 136 Å². The van der Waals surface area contributed by atoms with Crippen LogP contribution in [0.25, 0.3) is 0 Å². The Morgan fingerprint density at radius 1 is 0.682 bits per heavy atom. The van der Waals surface area contributed by atoms with Crippen molar-refractivity contribution in [3.63, 3.8) is 0 Å². The number of carbonyl (C=O) groups is 1. The Hall–Kier alpha value is -0.610. The molecule has 0 fully saturated rings. The van der Waals surface area contributed by atoms with E-state index in [1.807, 2.05) is 6.92 Å². The lowest BCUT2D eigenvalue weighted by Crippen LogP contribution is -2.12. The Morgan fingerprint density at radius 2 is 1.23 bits per heavy atom. The van der Waals surface area contributed by atoms with E-state index in [-0.39, 0.29) is 5.97 Å². The van der Waals surface area contributed by atoms with Gasteiger partial charge in [-0.15, -0.1) is 0 Å². The van der Waals surface area contributed by atoms with Crippen LogP contribution < -0.4 is 0 Å². The van der Waals surface area contributed by atoms with Crippen LogP contribution in [0.2, 0.25) is 0 Å². The summed E-state index contributed by atoms with van der Waals surface area (Å²) in [7, 11) is 0. The largest absolute Gasteiger partial charge is 0.463 e. The Bertz CT molecular complexity index is 231. The highest BCUT2D eigenvalue weighted by Gasteiger charge is 2.02. The lowest BCUT2D eigenvalue weighted by Gasteiger charge is -2.06. The maximum Gasteiger partial charge on any atom is 0.305 e. The van der Waals surface area contributed by atoms with Crippen molar-refractivity contribution in [3.8, 4) is 0 Å². The molecule has 0 bridgehead atoms. The van der Waals surface area contributed by atoms with Crippen molar-refractivity contribution >= 4 is 5.97 Å². The first-order chi connectivity index (χ1) is 10.8. The fraction of sp³-hybridized carbons (Fsp3) is 0.944. The van der Waals surface area contributed by atoms with Crippen molar-refractivity contribution in [1.29, 1.82) is 0 Å². The van der Waals surface area contributed by atoms with Crippen LogP contribution in [-0.4, -0.2) is 39.0 Å². The van der Waals surface area contributed by atoms with Crippen LogP contribution in [0.4, 0.5) is 0 Å². The van der Waals surface area contributed by atoms with E-state index in [4.69, 9.17) is 14.2 Å². The highest BCUT2D eigenvalue weighted by Crippen LogP contribution is 2.10. The number of unbranched alkanes of at least 4 members (excludes halogenated alkanes) is 8. The number of ether oxygens (including phenoxy) is 3. The first-order valence-corrected chi connectivity index (χ1v) is 9.12. The summed E-state index contributed by atoms with van der Waals surface area (Å²) in [6, 6.07) is 0. The number of hydrogen-bond donors (Lipinski definition) is 0.